The van der Waals surface area contributed by atoms with E-state index in [4.69, 9.17) is 11.0 Å². The topological polar surface area (TPSA) is 59.0 Å². The molecule has 0 spiro atoms. The zero-order valence-electron chi connectivity index (χ0n) is 9.01. The van der Waals surface area contributed by atoms with E-state index in [0.29, 0.717) is 6.07 Å². The van der Waals surface area contributed by atoms with Gasteiger partial charge in [0, 0.05) is 6.07 Å². The van der Waals surface area contributed by atoms with Crippen molar-refractivity contribution in [2.75, 3.05) is 5.73 Å². The first-order chi connectivity index (χ1) is 8.55. The monoisotopic (exact) mass is 284 g/mol. The number of nitriles is 1. The van der Waals surface area contributed by atoms with Gasteiger partial charge in [-0.15, -0.1) is 0 Å². The molecular formula is C10H6F6N2O. The molecule has 1 rings (SSSR count). The highest BCUT2D eigenvalue weighted by Crippen LogP contribution is 2.38. The van der Waals surface area contributed by atoms with E-state index in [2.05, 4.69) is 4.74 Å². The van der Waals surface area contributed by atoms with Crippen LogP contribution in [-0.2, 0) is 0 Å². The summed E-state index contributed by atoms with van der Waals surface area (Å²) in [5.74, 6) is -0.848. The zero-order chi connectivity index (χ0) is 14.8. The summed E-state index contributed by atoms with van der Waals surface area (Å²) in [4.78, 5) is 0. The minimum absolute atomic E-state index is 0.174. The van der Waals surface area contributed by atoms with Crippen LogP contribution in [-0.4, -0.2) is 18.5 Å². The molecule has 0 aliphatic heterocycles. The van der Waals surface area contributed by atoms with Crippen molar-refractivity contribution in [3.63, 3.8) is 0 Å². The standard InChI is InChI=1S/C10H6F6N2O/c11-9(12,13)8(10(14,15)16)19-7-3-5(4-17)1-2-6(7)18/h1-3,8H,18H2. The third kappa shape index (κ3) is 3.67. The van der Waals surface area contributed by atoms with Crippen LogP contribution in [0.5, 0.6) is 5.75 Å². The first-order valence-electron chi connectivity index (χ1n) is 4.65. The van der Waals surface area contributed by atoms with Gasteiger partial charge < -0.3 is 10.5 Å². The summed E-state index contributed by atoms with van der Waals surface area (Å²) in [5.41, 5.74) is 4.60. The highest BCUT2D eigenvalue weighted by molar-refractivity contribution is 5.56. The second kappa shape index (κ2) is 4.87. The first kappa shape index (κ1) is 14.9. The lowest BCUT2D eigenvalue weighted by atomic mass is 10.2. The number of anilines is 1. The van der Waals surface area contributed by atoms with Crippen molar-refractivity contribution in [1.82, 2.24) is 0 Å². The quantitative estimate of drug-likeness (QED) is 0.670. The summed E-state index contributed by atoms with van der Waals surface area (Å²) in [6, 6.07) is 4.38. The Bertz CT molecular complexity index is 488. The van der Waals surface area contributed by atoms with Crippen molar-refractivity contribution in [3.05, 3.63) is 23.8 Å². The molecule has 104 valence electrons. The van der Waals surface area contributed by atoms with E-state index in [9.17, 15) is 26.3 Å². The molecular weight excluding hydrogens is 278 g/mol. The number of nitrogens with two attached hydrogens (primary N) is 1. The lowest BCUT2D eigenvalue weighted by Gasteiger charge is -2.24. The third-order valence-corrected chi connectivity index (χ3v) is 1.98. The number of rotatable bonds is 2. The highest BCUT2D eigenvalue weighted by Gasteiger charge is 2.59. The van der Waals surface area contributed by atoms with Gasteiger partial charge in [-0.1, -0.05) is 0 Å². The van der Waals surface area contributed by atoms with E-state index >= 15 is 0 Å². The molecule has 0 unspecified atom stereocenters. The van der Waals surface area contributed by atoms with Gasteiger partial charge in [-0.05, 0) is 12.1 Å². The molecule has 0 atom stereocenters. The zero-order valence-corrected chi connectivity index (χ0v) is 9.01. The van der Waals surface area contributed by atoms with Crippen molar-refractivity contribution in [2.24, 2.45) is 0 Å². The maximum absolute atomic E-state index is 12.3. The molecule has 0 amide bonds. The number of nitrogens with zero attached hydrogens (tertiary/aromatic N) is 1. The van der Waals surface area contributed by atoms with Crippen LogP contribution in [0.1, 0.15) is 5.56 Å². The van der Waals surface area contributed by atoms with Crippen LogP contribution in [0, 0.1) is 11.3 Å². The predicted molar refractivity (Wildman–Crippen MR) is 52.1 cm³/mol. The van der Waals surface area contributed by atoms with Crippen molar-refractivity contribution >= 4 is 5.69 Å². The Labute approximate surface area is 103 Å². The molecule has 2 N–H and O–H groups in total. The lowest BCUT2D eigenvalue weighted by Crippen LogP contribution is -2.46. The maximum atomic E-state index is 12.3. The molecule has 3 nitrogen and oxygen atoms in total. The summed E-state index contributed by atoms with van der Waals surface area (Å²) in [5, 5.41) is 8.52. The number of benzene rings is 1. The summed E-state index contributed by atoms with van der Waals surface area (Å²) < 4.78 is 77.5. The van der Waals surface area contributed by atoms with Gasteiger partial charge in [0.1, 0.15) is 5.75 Å². The Morgan fingerprint density at radius 2 is 1.63 bits per heavy atom. The molecule has 0 aromatic heterocycles. The van der Waals surface area contributed by atoms with E-state index in [1.807, 2.05) is 0 Å². The fourth-order valence-corrected chi connectivity index (χ4v) is 1.15. The fraction of sp³-hybridized carbons (Fsp3) is 0.300. The van der Waals surface area contributed by atoms with Gasteiger partial charge in [0.15, 0.2) is 0 Å². The van der Waals surface area contributed by atoms with Crippen molar-refractivity contribution in [3.8, 4) is 11.8 Å². The molecule has 9 heteroatoms. The van der Waals surface area contributed by atoms with E-state index < -0.39 is 29.9 Å². The Balaban J connectivity index is 3.15. The van der Waals surface area contributed by atoms with Gasteiger partial charge >= 0.3 is 12.4 Å². The van der Waals surface area contributed by atoms with Gasteiger partial charge in [-0.3, -0.25) is 0 Å². The summed E-state index contributed by atoms with van der Waals surface area (Å²) in [6.45, 7) is 0. The van der Waals surface area contributed by atoms with Gasteiger partial charge in [0.2, 0.25) is 0 Å². The smallest absolute Gasteiger partial charge is 0.434 e. The Morgan fingerprint density at radius 1 is 1.11 bits per heavy atom. The second-order valence-electron chi connectivity index (χ2n) is 3.45. The largest absolute Gasteiger partial charge is 0.469 e. The summed E-state index contributed by atoms with van der Waals surface area (Å²) in [7, 11) is 0. The Morgan fingerprint density at radius 3 is 2.05 bits per heavy atom. The number of halogens is 6. The molecule has 0 saturated carbocycles. The molecule has 19 heavy (non-hydrogen) atoms. The molecule has 1 aromatic carbocycles. The Kier molecular flexibility index (Phi) is 3.83. The molecule has 0 aliphatic carbocycles. The van der Waals surface area contributed by atoms with Gasteiger partial charge in [-0.25, -0.2) is 0 Å². The normalized spacial score (nSPS) is 12.3. The molecule has 0 aliphatic rings. The van der Waals surface area contributed by atoms with Crippen LogP contribution in [0.4, 0.5) is 32.0 Å². The number of ether oxygens (including phenoxy) is 1. The van der Waals surface area contributed by atoms with Crippen molar-refractivity contribution in [2.45, 2.75) is 18.5 Å². The van der Waals surface area contributed by atoms with Crippen LogP contribution >= 0.6 is 0 Å². The van der Waals surface area contributed by atoms with Crippen LogP contribution < -0.4 is 10.5 Å². The van der Waals surface area contributed by atoms with E-state index in [0.717, 1.165) is 12.1 Å². The summed E-state index contributed by atoms with van der Waals surface area (Å²) >= 11 is 0. The highest BCUT2D eigenvalue weighted by atomic mass is 19.4. The second-order valence-corrected chi connectivity index (χ2v) is 3.45. The number of nitrogen functional groups attached to an aromatic ring is 1. The van der Waals surface area contributed by atoms with Crippen LogP contribution in [0.3, 0.4) is 0 Å². The third-order valence-electron chi connectivity index (χ3n) is 1.98. The van der Waals surface area contributed by atoms with Crippen LogP contribution in [0.25, 0.3) is 0 Å². The van der Waals surface area contributed by atoms with Gasteiger partial charge in [-0.2, -0.15) is 31.6 Å². The average molecular weight is 284 g/mol. The molecule has 0 radical (unpaired) electrons. The van der Waals surface area contributed by atoms with Gasteiger partial charge in [0.25, 0.3) is 6.10 Å². The molecule has 1 aromatic rings. The molecule has 0 fully saturated rings. The van der Waals surface area contributed by atoms with Gasteiger partial charge in [0.05, 0.1) is 17.3 Å². The van der Waals surface area contributed by atoms with Crippen LogP contribution in [0.15, 0.2) is 18.2 Å². The lowest BCUT2D eigenvalue weighted by molar-refractivity contribution is -0.299. The number of alkyl halides is 6. The molecule has 0 heterocycles. The Hall–Kier alpha value is -2.11. The van der Waals surface area contributed by atoms with E-state index in [1.165, 1.54) is 0 Å². The number of hydrogen-bond acceptors (Lipinski definition) is 3. The van der Waals surface area contributed by atoms with E-state index in [1.54, 1.807) is 6.07 Å². The fourth-order valence-electron chi connectivity index (χ4n) is 1.15. The van der Waals surface area contributed by atoms with Crippen LogP contribution in [0.2, 0.25) is 0 Å². The molecule has 0 bridgehead atoms. The van der Waals surface area contributed by atoms with E-state index in [-0.39, 0.29) is 5.56 Å². The predicted octanol–water partition coefficient (Wildman–Crippen LogP) is 3.01. The average Bonchev–Trinajstić information content (AvgIpc) is 2.24. The SMILES string of the molecule is N#Cc1ccc(N)c(OC(C(F)(F)F)C(F)(F)F)c1. The maximum Gasteiger partial charge on any atom is 0.434 e. The molecule has 0 saturated heterocycles. The minimum Gasteiger partial charge on any atom is -0.469 e. The van der Waals surface area contributed by atoms with Crippen molar-refractivity contribution in [1.29, 1.82) is 5.26 Å². The first-order valence-corrected chi connectivity index (χ1v) is 4.65. The summed E-state index contributed by atoms with van der Waals surface area (Å²) in [6.07, 6.45) is -15.3. The number of hydrogen-bond donors (Lipinski definition) is 1. The minimum atomic E-state index is -5.65. The van der Waals surface area contributed by atoms with Crippen molar-refractivity contribution < 1.29 is 31.1 Å².